The Labute approximate surface area is 96.5 Å². The van der Waals surface area contributed by atoms with Crippen molar-refractivity contribution in [2.45, 2.75) is 18.9 Å². The minimum atomic E-state index is -0.293. The van der Waals surface area contributed by atoms with E-state index in [4.69, 9.17) is 0 Å². The van der Waals surface area contributed by atoms with Crippen LogP contribution in [0.2, 0.25) is 0 Å². The molecule has 78 valence electrons. The number of aliphatic hydroxyl groups is 1. The Kier molecular flexibility index (Phi) is 3.60. The molecule has 2 nitrogen and oxygen atoms in total. The number of aliphatic hydroxyl groups excluding tert-OH is 1. The van der Waals surface area contributed by atoms with E-state index in [1.807, 2.05) is 12.1 Å². The van der Waals surface area contributed by atoms with Crippen LogP contribution in [0.3, 0.4) is 0 Å². The molecule has 2 unspecified atom stereocenters. The van der Waals surface area contributed by atoms with E-state index in [1.54, 1.807) is 11.3 Å². The van der Waals surface area contributed by atoms with Crippen molar-refractivity contribution in [3.8, 4) is 0 Å². The summed E-state index contributed by atoms with van der Waals surface area (Å²) in [4.78, 5) is 1.07. The molecule has 2 heterocycles. The van der Waals surface area contributed by atoms with Gasteiger partial charge in [0.15, 0.2) is 0 Å². The first kappa shape index (κ1) is 10.6. The van der Waals surface area contributed by atoms with Gasteiger partial charge in [0.25, 0.3) is 0 Å². The van der Waals surface area contributed by atoms with Crippen molar-refractivity contribution in [2.24, 2.45) is 5.92 Å². The van der Waals surface area contributed by atoms with Crippen LogP contribution in [-0.4, -0.2) is 18.2 Å². The standard InChI is InChI=1S/C10H14BrNOS/c11-9-4-3-8(14-9)10(13)7-2-1-5-12-6-7/h3-4,7,10,12-13H,1-2,5-6H2. The van der Waals surface area contributed by atoms with Crippen LogP contribution < -0.4 is 5.32 Å². The molecule has 2 atom stereocenters. The van der Waals surface area contributed by atoms with Crippen molar-refractivity contribution >= 4 is 27.3 Å². The van der Waals surface area contributed by atoms with Crippen LogP contribution in [0, 0.1) is 5.92 Å². The second kappa shape index (κ2) is 4.75. The Morgan fingerprint density at radius 2 is 2.43 bits per heavy atom. The lowest BCUT2D eigenvalue weighted by molar-refractivity contribution is 0.0953. The molecular weight excluding hydrogens is 262 g/mol. The largest absolute Gasteiger partial charge is 0.387 e. The highest BCUT2D eigenvalue weighted by Gasteiger charge is 2.23. The predicted octanol–water partition coefficient (Wildman–Crippen LogP) is 2.54. The van der Waals surface area contributed by atoms with Gasteiger partial charge in [-0.15, -0.1) is 11.3 Å². The fraction of sp³-hybridized carbons (Fsp3) is 0.600. The Morgan fingerprint density at radius 3 is 3.00 bits per heavy atom. The van der Waals surface area contributed by atoms with E-state index in [0.29, 0.717) is 5.92 Å². The van der Waals surface area contributed by atoms with E-state index >= 15 is 0 Å². The van der Waals surface area contributed by atoms with Crippen LogP contribution in [-0.2, 0) is 0 Å². The number of hydrogen-bond acceptors (Lipinski definition) is 3. The van der Waals surface area contributed by atoms with Crippen LogP contribution in [0.15, 0.2) is 15.9 Å². The summed E-state index contributed by atoms with van der Waals surface area (Å²) in [6.45, 7) is 2.04. The van der Waals surface area contributed by atoms with Gasteiger partial charge in [0.05, 0.1) is 9.89 Å². The van der Waals surface area contributed by atoms with Gasteiger partial charge in [-0.25, -0.2) is 0 Å². The third kappa shape index (κ3) is 2.37. The zero-order chi connectivity index (χ0) is 9.97. The molecule has 4 heteroatoms. The fourth-order valence-electron chi connectivity index (χ4n) is 1.87. The van der Waals surface area contributed by atoms with E-state index in [1.165, 1.54) is 6.42 Å². The summed E-state index contributed by atoms with van der Waals surface area (Å²) in [5, 5.41) is 13.4. The molecule has 2 N–H and O–H groups in total. The fourth-order valence-corrected chi connectivity index (χ4v) is 3.37. The highest BCUT2D eigenvalue weighted by molar-refractivity contribution is 9.11. The third-order valence-electron chi connectivity index (χ3n) is 2.67. The highest BCUT2D eigenvalue weighted by atomic mass is 79.9. The zero-order valence-corrected chi connectivity index (χ0v) is 10.3. The topological polar surface area (TPSA) is 32.3 Å². The van der Waals surface area contributed by atoms with Crippen LogP contribution >= 0.6 is 27.3 Å². The molecule has 1 aliphatic heterocycles. The SMILES string of the molecule is OC(c1ccc(Br)s1)C1CCCNC1. The number of hydrogen-bond donors (Lipinski definition) is 2. The smallest absolute Gasteiger partial charge is 0.0922 e. The molecule has 0 bridgehead atoms. The normalized spacial score (nSPS) is 24.9. The Bertz CT molecular complexity index is 296. The molecule has 0 amide bonds. The maximum atomic E-state index is 10.1. The summed E-state index contributed by atoms with van der Waals surface area (Å²) in [6.07, 6.45) is 2.01. The summed E-state index contributed by atoms with van der Waals surface area (Å²) >= 11 is 5.04. The molecule has 1 aromatic rings. The molecule has 14 heavy (non-hydrogen) atoms. The van der Waals surface area contributed by atoms with E-state index in [9.17, 15) is 5.11 Å². The Morgan fingerprint density at radius 1 is 1.57 bits per heavy atom. The van der Waals surface area contributed by atoms with E-state index < -0.39 is 0 Å². The molecule has 1 fully saturated rings. The number of thiophene rings is 1. The van der Waals surface area contributed by atoms with Crippen molar-refractivity contribution in [3.63, 3.8) is 0 Å². The predicted molar refractivity (Wildman–Crippen MR) is 62.6 cm³/mol. The monoisotopic (exact) mass is 275 g/mol. The molecule has 0 aromatic carbocycles. The van der Waals surface area contributed by atoms with Crippen LogP contribution in [0.4, 0.5) is 0 Å². The molecule has 1 aromatic heterocycles. The Hall–Kier alpha value is 0.1000. The average molecular weight is 276 g/mol. The van der Waals surface area contributed by atoms with Crippen LogP contribution in [0.1, 0.15) is 23.8 Å². The summed E-state index contributed by atoms with van der Waals surface area (Å²) in [5.74, 6) is 0.384. The lowest BCUT2D eigenvalue weighted by Gasteiger charge is -2.26. The molecule has 0 saturated carbocycles. The van der Waals surface area contributed by atoms with Gasteiger partial charge >= 0.3 is 0 Å². The minimum Gasteiger partial charge on any atom is -0.387 e. The maximum Gasteiger partial charge on any atom is 0.0922 e. The van der Waals surface area contributed by atoms with Crippen molar-refractivity contribution in [3.05, 3.63) is 20.8 Å². The first-order valence-corrected chi connectivity index (χ1v) is 6.52. The molecule has 0 aliphatic carbocycles. The van der Waals surface area contributed by atoms with E-state index in [-0.39, 0.29) is 6.10 Å². The molecule has 1 saturated heterocycles. The molecular formula is C10H14BrNOS. The molecule has 2 rings (SSSR count). The van der Waals surface area contributed by atoms with Gasteiger partial charge in [-0.1, -0.05) is 0 Å². The lowest BCUT2D eigenvalue weighted by Crippen LogP contribution is -2.33. The van der Waals surface area contributed by atoms with Gasteiger partial charge < -0.3 is 10.4 Å². The van der Waals surface area contributed by atoms with Gasteiger partial charge in [-0.2, -0.15) is 0 Å². The first-order chi connectivity index (χ1) is 6.77. The number of rotatable bonds is 2. The second-order valence-electron chi connectivity index (χ2n) is 3.69. The van der Waals surface area contributed by atoms with Crippen LogP contribution in [0.25, 0.3) is 0 Å². The highest BCUT2D eigenvalue weighted by Crippen LogP contribution is 2.33. The molecule has 0 radical (unpaired) electrons. The quantitative estimate of drug-likeness (QED) is 0.870. The average Bonchev–Trinajstić information content (AvgIpc) is 2.65. The van der Waals surface area contributed by atoms with E-state index in [2.05, 4.69) is 21.2 Å². The summed E-state index contributed by atoms with van der Waals surface area (Å²) in [6, 6.07) is 4.01. The lowest BCUT2D eigenvalue weighted by atomic mass is 9.93. The summed E-state index contributed by atoms with van der Waals surface area (Å²) in [5.41, 5.74) is 0. The number of nitrogens with one attached hydrogen (secondary N) is 1. The molecule has 0 spiro atoms. The van der Waals surface area contributed by atoms with Gasteiger partial charge in [0.2, 0.25) is 0 Å². The second-order valence-corrected chi connectivity index (χ2v) is 6.19. The van der Waals surface area contributed by atoms with Gasteiger partial charge in [-0.3, -0.25) is 0 Å². The van der Waals surface area contributed by atoms with E-state index in [0.717, 1.165) is 28.2 Å². The minimum absolute atomic E-state index is 0.293. The number of halogens is 1. The zero-order valence-electron chi connectivity index (χ0n) is 7.87. The Balaban J connectivity index is 2.03. The first-order valence-electron chi connectivity index (χ1n) is 4.91. The van der Waals surface area contributed by atoms with Crippen molar-refractivity contribution in [1.82, 2.24) is 5.32 Å². The number of piperidine rings is 1. The van der Waals surface area contributed by atoms with Gasteiger partial charge in [-0.05, 0) is 47.4 Å². The van der Waals surface area contributed by atoms with Gasteiger partial charge in [0, 0.05) is 17.3 Å². The van der Waals surface area contributed by atoms with Crippen molar-refractivity contribution in [1.29, 1.82) is 0 Å². The van der Waals surface area contributed by atoms with Gasteiger partial charge in [0.1, 0.15) is 0 Å². The van der Waals surface area contributed by atoms with Crippen LogP contribution in [0.5, 0.6) is 0 Å². The van der Waals surface area contributed by atoms with Crippen molar-refractivity contribution in [2.75, 3.05) is 13.1 Å². The van der Waals surface area contributed by atoms with Crippen molar-refractivity contribution < 1.29 is 5.11 Å². The summed E-state index contributed by atoms with van der Waals surface area (Å²) < 4.78 is 1.09. The third-order valence-corrected chi connectivity index (χ3v) is 4.36. The maximum absolute atomic E-state index is 10.1. The molecule has 1 aliphatic rings. The summed E-state index contributed by atoms with van der Waals surface area (Å²) in [7, 11) is 0.